The molecule has 2 atom stereocenters. The molecule has 3 N–H and O–H groups in total. The Morgan fingerprint density at radius 1 is 1.27 bits per heavy atom. The minimum Gasteiger partial charge on any atom is -0.462 e. The number of esters is 1. The maximum Gasteiger partial charge on any atom is 0.350 e. The lowest BCUT2D eigenvalue weighted by Gasteiger charge is -2.37. The van der Waals surface area contributed by atoms with Crippen LogP contribution in [-0.2, 0) is 9.47 Å². The number of carbonyl (C=O) groups is 3. The van der Waals surface area contributed by atoms with Crippen molar-refractivity contribution in [2.45, 2.75) is 32.4 Å². The lowest BCUT2D eigenvalue weighted by atomic mass is 10.0. The Morgan fingerprint density at radius 2 is 2.00 bits per heavy atom. The number of halogens is 2. The van der Waals surface area contributed by atoms with Crippen LogP contribution in [0.15, 0.2) is 0 Å². The SMILES string of the molecule is CCOC(=O)c1sc(N2CC[C@@H](NC(=O)c3[nH]c(C)c(Cl)c3Cl)[C@@H](OC)C2)nc1C(=O)NC. The maximum absolute atomic E-state index is 12.7. The van der Waals surface area contributed by atoms with Crippen molar-refractivity contribution in [2.24, 2.45) is 0 Å². The van der Waals surface area contributed by atoms with E-state index in [1.165, 1.54) is 7.05 Å². The quantitative estimate of drug-likeness (QED) is 0.482. The number of methoxy groups -OCH3 is 1. The van der Waals surface area contributed by atoms with Gasteiger partial charge in [-0.15, -0.1) is 0 Å². The van der Waals surface area contributed by atoms with Crippen molar-refractivity contribution >= 4 is 57.5 Å². The molecule has 1 saturated heterocycles. The first kappa shape index (κ1) is 25.3. The van der Waals surface area contributed by atoms with Crippen LogP contribution >= 0.6 is 34.5 Å². The summed E-state index contributed by atoms with van der Waals surface area (Å²) in [6.45, 7) is 4.52. The molecule has 2 aromatic rings. The summed E-state index contributed by atoms with van der Waals surface area (Å²) < 4.78 is 10.7. The summed E-state index contributed by atoms with van der Waals surface area (Å²) in [7, 11) is 3.02. The number of nitrogens with one attached hydrogen (secondary N) is 3. The van der Waals surface area contributed by atoms with Gasteiger partial charge in [-0.2, -0.15) is 0 Å². The van der Waals surface area contributed by atoms with Gasteiger partial charge in [-0.05, 0) is 20.3 Å². The zero-order valence-electron chi connectivity index (χ0n) is 18.6. The first-order chi connectivity index (χ1) is 15.7. The van der Waals surface area contributed by atoms with E-state index in [2.05, 4.69) is 20.6 Å². The summed E-state index contributed by atoms with van der Waals surface area (Å²) in [6, 6.07) is -0.292. The number of hydrogen-bond acceptors (Lipinski definition) is 8. The molecule has 0 aliphatic carbocycles. The van der Waals surface area contributed by atoms with Crippen LogP contribution in [0.4, 0.5) is 5.13 Å². The van der Waals surface area contributed by atoms with Gasteiger partial charge in [-0.25, -0.2) is 9.78 Å². The number of aromatic nitrogens is 2. The number of piperidine rings is 1. The topological polar surface area (TPSA) is 126 Å². The molecule has 13 heteroatoms. The van der Waals surface area contributed by atoms with E-state index in [1.807, 2.05) is 4.90 Å². The van der Waals surface area contributed by atoms with Gasteiger partial charge in [0.15, 0.2) is 10.8 Å². The van der Waals surface area contributed by atoms with E-state index < -0.39 is 11.9 Å². The van der Waals surface area contributed by atoms with Crippen LogP contribution in [0.25, 0.3) is 0 Å². The molecule has 2 amide bonds. The van der Waals surface area contributed by atoms with E-state index in [-0.39, 0.29) is 45.9 Å². The van der Waals surface area contributed by atoms with Crippen LogP contribution in [0, 0.1) is 6.92 Å². The molecule has 33 heavy (non-hydrogen) atoms. The van der Waals surface area contributed by atoms with Gasteiger partial charge in [-0.1, -0.05) is 34.5 Å². The van der Waals surface area contributed by atoms with Crippen LogP contribution in [0.5, 0.6) is 0 Å². The van der Waals surface area contributed by atoms with Gasteiger partial charge in [0, 0.05) is 32.9 Å². The summed E-state index contributed by atoms with van der Waals surface area (Å²) in [6.07, 6.45) is 0.172. The summed E-state index contributed by atoms with van der Waals surface area (Å²) in [4.78, 5) is 46.6. The van der Waals surface area contributed by atoms with Crippen molar-refractivity contribution in [1.82, 2.24) is 20.6 Å². The molecule has 0 unspecified atom stereocenters. The minimum absolute atomic E-state index is 0.0222. The Bertz CT molecular complexity index is 1060. The Balaban J connectivity index is 1.76. The summed E-state index contributed by atoms with van der Waals surface area (Å²) >= 11 is 13.3. The maximum atomic E-state index is 12.7. The van der Waals surface area contributed by atoms with Gasteiger partial charge in [0.05, 0.1) is 28.8 Å². The molecule has 0 bridgehead atoms. The molecular weight excluding hydrogens is 493 g/mol. The van der Waals surface area contributed by atoms with Crippen molar-refractivity contribution < 1.29 is 23.9 Å². The summed E-state index contributed by atoms with van der Waals surface area (Å²) in [5, 5.41) is 6.43. The van der Waals surface area contributed by atoms with E-state index in [1.54, 1.807) is 21.0 Å². The molecule has 0 radical (unpaired) electrons. The summed E-state index contributed by atoms with van der Waals surface area (Å²) in [5.41, 5.74) is 0.831. The molecule has 0 aromatic carbocycles. The third kappa shape index (κ3) is 5.26. The molecule has 3 heterocycles. The molecular formula is C20H25Cl2N5O5S. The second-order valence-corrected chi connectivity index (χ2v) is 9.05. The van der Waals surface area contributed by atoms with Crippen molar-refractivity contribution in [2.75, 3.05) is 38.8 Å². The van der Waals surface area contributed by atoms with E-state index in [9.17, 15) is 14.4 Å². The zero-order chi connectivity index (χ0) is 24.3. The number of amides is 2. The molecule has 10 nitrogen and oxygen atoms in total. The second-order valence-electron chi connectivity index (χ2n) is 7.32. The van der Waals surface area contributed by atoms with Gasteiger partial charge < -0.3 is 30.0 Å². The highest BCUT2D eigenvalue weighted by Gasteiger charge is 2.34. The van der Waals surface area contributed by atoms with Crippen molar-refractivity contribution in [3.05, 3.63) is 32.0 Å². The first-order valence-corrected chi connectivity index (χ1v) is 11.8. The Kier molecular flexibility index (Phi) is 8.22. The van der Waals surface area contributed by atoms with Gasteiger partial charge >= 0.3 is 5.97 Å². The number of aryl methyl sites for hydroxylation is 1. The van der Waals surface area contributed by atoms with Crippen LogP contribution in [0.3, 0.4) is 0 Å². The fraction of sp³-hybridized carbons (Fsp3) is 0.500. The van der Waals surface area contributed by atoms with Gasteiger partial charge in [-0.3, -0.25) is 9.59 Å². The highest BCUT2D eigenvalue weighted by molar-refractivity contribution is 7.17. The highest BCUT2D eigenvalue weighted by Crippen LogP contribution is 2.31. The normalized spacial score (nSPS) is 18.2. The van der Waals surface area contributed by atoms with Crippen LogP contribution in [0.1, 0.15) is 49.7 Å². The Hall–Kier alpha value is -2.34. The van der Waals surface area contributed by atoms with E-state index in [0.717, 1.165) is 11.3 Å². The molecule has 1 aliphatic heterocycles. The smallest absolute Gasteiger partial charge is 0.350 e. The fourth-order valence-electron chi connectivity index (χ4n) is 3.51. The van der Waals surface area contributed by atoms with Crippen LogP contribution in [-0.4, -0.2) is 73.8 Å². The summed E-state index contributed by atoms with van der Waals surface area (Å²) in [5.74, 6) is -1.44. The number of H-pyrrole nitrogens is 1. The van der Waals surface area contributed by atoms with Crippen molar-refractivity contribution in [1.29, 1.82) is 0 Å². The molecule has 1 aliphatic rings. The molecule has 3 rings (SSSR count). The monoisotopic (exact) mass is 517 g/mol. The highest BCUT2D eigenvalue weighted by atomic mass is 35.5. The standard InChI is InChI=1S/C20H25Cl2N5O5S/c1-5-32-19(30)16-15(17(28)23-3)26-20(33-16)27-7-6-10(11(8-27)31-4)25-18(29)14-13(22)12(21)9(2)24-14/h10-11,24H,5-8H2,1-4H3,(H,23,28)(H,25,29)/t10-,11+/m1/s1. The molecule has 0 spiro atoms. The first-order valence-electron chi connectivity index (χ1n) is 10.2. The number of aromatic amines is 1. The molecule has 0 saturated carbocycles. The molecule has 1 fully saturated rings. The Labute approximate surface area is 204 Å². The number of nitrogens with zero attached hydrogens (tertiary/aromatic N) is 2. The number of hydrogen-bond donors (Lipinski definition) is 3. The zero-order valence-corrected chi connectivity index (χ0v) is 20.9. The minimum atomic E-state index is -0.595. The average molecular weight is 518 g/mol. The number of rotatable bonds is 7. The third-order valence-corrected chi connectivity index (χ3v) is 7.29. The molecule has 2 aromatic heterocycles. The predicted molar refractivity (Wildman–Crippen MR) is 126 cm³/mol. The molecule has 180 valence electrons. The largest absolute Gasteiger partial charge is 0.462 e. The second kappa shape index (κ2) is 10.7. The van der Waals surface area contributed by atoms with Crippen molar-refractivity contribution in [3.8, 4) is 0 Å². The van der Waals surface area contributed by atoms with E-state index >= 15 is 0 Å². The van der Waals surface area contributed by atoms with Gasteiger partial charge in [0.2, 0.25) is 0 Å². The lowest BCUT2D eigenvalue weighted by Crippen LogP contribution is -2.55. The third-order valence-electron chi connectivity index (χ3n) is 5.25. The number of carbonyl (C=O) groups excluding carboxylic acids is 3. The van der Waals surface area contributed by atoms with E-state index in [4.69, 9.17) is 32.7 Å². The van der Waals surface area contributed by atoms with E-state index in [0.29, 0.717) is 35.4 Å². The van der Waals surface area contributed by atoms with Crippen LogP contribution in [0.2, 0.25) is 10.0 Å². The lowest BCUT2D eigenvalue weighted by molar-refractivity contribution is 0.0527. The van der Waals surface area contributed by atoms with Crippen LogP contribution < -0.4 is 15.5 Å². The average Bonchev–Trinajstić information content (AvgIpc) is 3.36. The number of ether oxygens (including phenoxy) is 2. The number of thiazole rings is 1. The van der Waals surface area contributed by atoms with Gasteiger partial charge in [0.25, 0.3) is 11.8 Å². The predicted octanol–water partition coefficient (Wildman–Crippen LogP) is 2.65. The van der Waals surface area contributed by atoms with Gasteiger partial charge in [0.1, 0.15) is 10.6 Å². The van der Waals surface area contributed by atoms with Crippen molar-refractivity contribution in [3.63, 3.8) is 0 Å². The number of anilines is 1. The fourth-order valence-corrected chi connectivity index (χ4v) is 4.92. The Morgan fingerprint density at radius 3 is 2.58 bits per heavy atom.